The maximum Gasteiger partial charge on any atom is 0.226 e. The van der Waals surface area contributed by atoms with Crippen molar-refractivity contribution >= 4 is 5.96 Å². The fraction of sp³-hybridized carbons (Fsp3) is 0.524. The molecule has 6 nitrogen and oxygen atoms in total. The summed E-state index contributed by atoms with van der Waals surface area (Å²) < 4.78 is 11.4. The normalized spacial score (nSPS) is 13.0. The summed E-state index contributed by atoms with van der Waals surface area (Å²) in [6.45, 7) is 10.6. The molecular formula is C21H32N4O2. The lowest BCUT2D eigenvalue weighted by molar-refractivity contribution is 0.0258. The van der Waals surface area contributed by atoms with Gasteiger partial charge >= 0.3 is 0 Å². The van der Waals surface area contributed by atoms with Gasteiger partial charge in [0.2, 0.25) is 5.89 Å². The quantitative estimate of drug-likeness (QED) is 0.518. The highest BCUT2D eigenvalue weighted by Crippen LogP contribution is 2.19. The van der Waals surface area contributed by atoms with Crippen molar-refractivity contribution in [3.8, 4) is 11.5 Å². The number of rotatable bonds is 9. The van der Waals surface area contributed by atoms with Crippen molar-refractivity contribution in [3.63, 3.8) is 0 Å². The summed E-state index contributed by atoms with van der Waals surface area (Å²) in [6, 6.07) is 8.14. The molecule has 2 aromatic rings. The van der Waals surface area contributed by atoms with Crippen LogP contribution in [0.25, 0.3) is 11.5 Å². The van der Waals surface area contributed by atoms with Gasteiger partial charge in [0.15, 0.2) is 5.96 Å². The molecule has 0 saturated carbocycles. The molecule has 27 heavy (non-hydrogen) atoms. The summed E-state index contributed by atoms with van der Waals surface area (Å²) in [5.41, 5.74) is 3.03. The molecule has 1 atom stereocenters. The predicted octanol–water partition coefficient (Wildman–Crippen LogP) is 3.77. The number of aliphatic imine (C=N–C) groups is 1. The highest BCUT2D eigenvalue weighted by Gasteiger charge is 2.13. The van der Waals surface area contributed by atoms with E-state index < -0.39 is 0 Å². The Bertz CT molecular complexity index is 707. The number of benzene rings is 1. The molecule has 0 aliphatic rings. The van der Waals surface area contributed by atoms with Crippen molar-refractivity contribution in [1.82, 2.24) is 15.6 Å². The standard InChI is InChI=1S/C21H32N4O2/c1-6-26-19(15(2)3)11-12-23-21(22-5)24-13-18-14-27-20(25-18)17-9-7-16(4)8-10-17/h7-10,14-15,19H,6,11-13H2,1-5H3,(H2,22,23,24). The van der Waals surface area contributed by atoms with Gasteiger partial charge in [-0.15, -0.1) is 0 Å². The highest BCUT2D eigenvalue weighted by molar-refractivity contribution is 5.79. The Hall–Kier alpha value is -2.34. The van der Waals surface area contributed by atoms with Crippen molar-refractivity contribution < 1.29 is 9.15 Å². The number of guanidine groups is 1. The number of nitrogens with one attached hydrogen (secondary N) is 2. The van der Waals surface area contributed by atoms with E-state index in [0.717, 1.165) is 36.8 Å². The number of nitrogens with zero attached hydrogens (tertiary/aromatic N) is 2. The third kappa shape index (κ3) is 6.71. The van der Waals surface area contributed by atoms with Crippen LogP contribution in [0.3, 0.4) is 0 Å². The van der Waals surface area contributed by atoms with E-state index in [0.29, 0.717) is 18.4 Å². The molecule has 0 radical (unpaired) electrons. The van der Waals surface area contributed by atoms with Gasteiger partial charge in [-0.1, -0.05) is 31.5 Å². The zero-order chi connectivity index (χ0) is 19.6. The Kier molecular flexibility index (Phi) is 8.33. The molecule has 0 amide bonds. The number of oxazole rings is 1. The minimum atomic E-state index is 0.258. The maximum atomic E-state index is 5.78. The van der Waals surface area contributed by atoms with E-state index in [4.69, 9.17) is 9.15 Å². The van der Waals surface area contributed by atoms with Gasteiger partial charge in [0.25, 0.3) is 0 Å². The fourth-order valence-corrected chi connectivity index (χ4v) is 2.77. The summed E-state index contributed by atoms with van der Waals surface area (Å²) in [6.07, 6.45) is 2.88. The lowest BCUT2D eigenvalue weighted by Crippen LogP contribution is -2.39. The van der Waals surface area contributed by atoms with Gasteiger partial charge in [-0.25, -0.2) is 4.98 Å². The Balaban J connectivity index is 1.81. The van der Waals surface area contributed by atoms with E-state index in [1.807, 2.05) is 19.1 Å². The molecular weight excluding hydrogens is 340 g/mol. The van der Waals surface area contributed by atoms with Crippen LogP contribution in [-0.2, 0) is 11.3 Å². The van der Waals surface area contributed by atoms with Gasteiger partial charge in [-0.05, 0) is 38.3 Å². The molecule has 2 rings (SSSR count). The number of ether oxygens (including phenoxy) is 1. The van der Waals surface area contributed by atoms with Crippen molar-refractivity contribution in [2.24, 2.45) is 10.9 Å². The largest absolute Gasteiger partial charge is 0.444 e. The first kappa shape index (κ1) is 21.0. The molecule has 0 aliphatic heterocycles. The molecule has 1 unspecified atom stereocenters. The summed E-state index contributed by atoms with van der Waals surface area (Å²) in [5, 5.41) is 6.60. The van der Waals surface area contributed by atoms with Crippen LogP contribution < -0.4 is 10.6 Å². The molecule has 1 heterocycles. The first-order chi connectivity index (χ1) is 13.0. The van der Waals surface area contributed by atoms with Gasteiger partial charge in [0, 0.05) is 25.8 Å². The Morgan fingerprint density at radius 2 is 1.96 bits per heavy atom. The van der Waals surface area contributed by atoms with Crippen LogP contribution in [0.5, 0.6) is 0 Å². The van der Waals surface area contributed by atoms with E-state index in [1.165, 1.54) is 5.56 Å². The summed E-state index contributed by atoms with van der Waals surface area (Å²) in [4.78, 5) is 8.80. The number of aryl methyl sites for hydroxylation is 1. The van der Waals surface area contributed by atoms with Crippen LogP contribution in [0, 0.1) is 12.8 Å². The molecule has 0 saturated heterocycles. The highest BCUT2D eigenvalue weighted by atomic mass is 16.5. The van der Waals surface area contributed by atoms with Crippen LogP contribution >= 0.6 is 0 Å². The number of hydrogen-bond donors (Lipinski definition) is 2. The zero-order valence-corrected chi connectivity index (χ0v) is 17.1. The van der Waals surface area contributed by atoms with Crippen molar-refractivity contribution in [1.29, 1.82) is 0 Å². The SMILES string of the molecule is CCOC(CCNC(=NC)NCc1coc(-c2ccc(C)cc2)n1)C(C)C. The first-order valence-corrected chi connectivity index (χ1v) is 9.61. The van der Waals surface area contributed by atoms with Crippen molar-refractivity contribution in [2.75, 3.05) is 20.2 Å². The molecule has 0 spiro atoms. The lowest BCUT2D eigenvalue weighted by Gasteiger charge is -2.21. The molecule has 148 valence electrons. The average molecular weight is 373 g/mol. The van der Waals surface area contributed by atoms with Crippen molar-refractivity contribution in [2.45, 2.75) is 46.8 Å². The van der Waals surface area contributed by atoms with E-state index >= 15 is 0 Å². The maximum absolute atomic E-state index is 5.78. The van der Waals surface area contributed by atoms with Crippen LogP contribution in [0.15, 0.2) is 39.9 Å². The minimum absolute atomic E-state index is 0.258. The third-order valence-corrected chi connectivity index (χ3v) is 4.36. The summed E-state index contributed by atoms with van der Waals surface area (Å²) in [7, 11) is 1.76. The summed E-state index contributed by atoms with van der Waals surface area (Å²) >= 11 is 0. The zero-order valence-electron chi connectivity index (χ0n) is 17.1. The second-order valence-corrected chi connectivity index (χ2v) is 6.89. The van der Waals surface area contributed by atoms with Gasteiger partial charge < -0.3 is 19.8 Å². The van der Waals surface area contributed by atoms with E-state index in [2.05, 4.69) is 53.5 Å². The Morgan fingerprint density at radius 1 is 1.22 bits per heavy atom. The predicted molar refractivity (Wildman–Crippen MR) is 110 cm³/mol. The third-order valence-electron chi connectivity index (χ3n) is 4.36. The lowest BCUT2D eigenvalue weighted by atomic mass is 10.0. The number of hydrogen-bond acceptors (Lipinski definition) is 4. The van der Waals surface area contributed by atoms with E-state index in [1.54, 1.807) is 13.3 Å². The second kappa shape index (κ2) is 10.7. The monoisotopic (exact) mass is 372 g/mol. The topological polar surface area (TPSA) is 71.7 Å². The van der Waals surface area contributed by atoms with Gasteiger partial charge in [0.05, 0.1) is 18.3 Å². The summed E-state index contributed by atoms with van der Waals surface area (Å²) in [5.74, 6) is 1.87. The molecule has 0 fully saturated rings. The van der Waals surface area contributed by atoms with Crippen LogP contribution in [0.2, 0.25) is 0 Å². The van der Waals surface area contributed by atoms with Crippen molar-refractivity contribution in [3.05, 3.63) is 41.8 Å². The molecule has 2 N–H and O–H groups in total. The molecule has 1 aromatic heterocycles. The van der Waals surface area contributed by atoms with Gasteiger partial charge in [-0.2, -0.15) is 0 Å². The van der Waals surface area contributed by atoms with Crippen LogP contribution in [0.1, 0.15) is 38.4 Å². The molecule has 0 aliphatic carbocycles. The molecule has 1 aromatic carbocycles. The second-order valence-electron chi connectivity index (χ2n) is 6.89. The van der Waals surface area contributed by atoms with Crippen LogP contribution in [0.4, 0.5) is 0 Å². The fourth-order valence-electron chi connectivity index (χ4n) is 2.77. The van der Waals surface area contributed by atoms with Gasteiger partial charge in [-0.3, -0.25) is 4.99 Å². The van der Waals surface area contributed by atoms with E-state index in [-0.39, 0.29) is 6.10 Å². The minimum Gasteiger partial charge on any atom is -0.444 e. The Labute approximate surface area is 162 Å². The Morgan fingerprint density at radius 3 is 2.59 bits per heavy atom. The smallest absolute Gasteiger partial charge is 0.226 e. The van der Waals surface area contributed by atoms with E-state index in [9.17, 15) is 0 Å². The average Bonchev–Trinajstić information content (AvgIpc) is 3.13. The van der Waals surface area contributed by atoms with Gasteiger partial charge in [0.1, 0.15) is 6.26 Å². The number of aromatic nitrogens is 1. The molecule has 6 heteroatoms. The first-order valence-electron chi connectivity index (χ1n) is 9.61. The van der Waals surface area contributed by atoms with Crippen LogP contribution in [-0.4, -0.2) is 37.2 Å². The molecule has 0 bridgehead atoms.